The van der Waals surface area contributed by atoms with Crippen LogP contribution in [-0.4, -0.2) is 36.5 Å². The van der Waals surface area contributed by atoms with Gasteiger partial charge >= 0.3 is 6.03 Å². The molecule has 0 saturated carbocycles. The van der Waals surface area contributed by atoms with Crippen molar-refractivity contribution < 1.29 is 28.8 Å². The number of carbonyl (C=O) groups excluding carboxylic acids is 3. The highest BCUT2D eigenvalue weighted by Gasteiger charge is 2.37. The van der Waals surface area contributed by atoms with E-state index in [-0.39, 0.29) is 16.9 Å². The van der Waals surface area contributed by atoms with Gasteiger partial charge in [0.05, 0.1) is 24.3 Å². The molecule has 2 aromatic carbocycles. The molecule has 0 bridgehead atoms. The molecule has 0 atom stereocenters. The molecular formula is C23H21N3O7. The lowest BCUT2D eigenvalue weighted by atomic mass is 10.0. The van der Waals surface area contributed by atoms with Gasteiger partial charge in [-0.15, -0.1) is 6.58 Å². The summed E-state index contributed by atoms with van der Waals surface area (Å²) in [6, 6.07) is 7.23. The van der Waals surface area contributed by atoms with Gasteiger partial charge in [0, 0.05) is 17.7 Å². The monoisotopic (exact) mass is 451 g/mol. The first-order chi connectivity index (χ1) is 15.8. The Kier molecular flexibility index (Phi) is 6.87. The molecule has 33 heavy (non-hydrogen) atoms. The van der Waals surface area contributed by atoms with Crippen LogP contribution in [0.4, 0.5) is 16.2 Å². The maximum absolute atomic E-state index is 13.1. The van der Waals surface area contributed by atoms with Crippen molar-refractivity contribution in [2.75, 3.05) is 18.6 Å². The number of allylic oxidation sites excluding steroid dienone is 1. The van der Waals surface area contributed by atoms with E-state index in [2.05, 4.69) is 11.9 Å². The van der Waals surface area contributed by atoms with E-state index in [1.54, 1.807) is 18.2 Å². The first kappa shape index (κ1) is 23.2. The Morgan fingerprint density at radius 1 is 1.18 bits per heavy atom. The third-order valence-corrected chi connectivity index (χ3v) is 4.75. The molecule has 1 heterocycles. The Morgan fingerprint density at radius 2 is 1.88 bits per heavy atom. The molecule has 1 aliphatic heterocycles. The van der Waals surface area contributed by atoms with Crippen molar-refractivity contribution in [3.63, 3.8) is 0 Å². The predicted octanol–water partition coefficient (Wildman–Crippen LogP) is 3.40. The summed E-state index contributed by atoms with van der Waals surface area (Å²) in [4.78, 5) is 48.9. The third-order valence-electron chi connectivity index (χ3n) is 4.75. The number of ether oxygens (including phenoxy) is 2. The summed E-state index contributed by atoms with van der Waals surface area (Å²) in [5.74, 6) is -0.780. The Hall–Kier alpha value is -4.47. The van der Waals surface area contributed by atoms with Crippen LogP contribution in [0.5, 0.6) is 11.5 Å². The molecule has 170 valence electrons. The molecule has 0 radical (unpaired) electrons. The Balaban J connectivity index is 2.05. The van der Waals surface area contributed by atoms with Gasteiger partial charge in [-0.05, 0) is 49.2 Å². The number of urea groups is 1. The maximum Gasteiger partial charge on any atom is 0.335 e. The number of nitro benzene ring substituents is 1. The first-order valence-corrected chi connectivity index (χ1v) is 9.91. The summed E-state index contributed by atoms with van der Waals surface area (Å²) in [5.41, 5.74) is 0.806. The number of anilines is 1. The Bertz CT molecular complexity index is 1170. The summed E-state index contributed by atoms with van der Waals surface area (Å²) >= 11 is 0. The fraction of sp³-hybridized carbons (Fsp3) is 0.174. The zero-order valence-electron chi connectivity index (χ0n) is 18.0. The van der Waals surface area contributed by atoms with Crippen LogP contribution < -0.4 is 19.7 Å². The number of nitrogens with one attached hydrogen (secondary N) is 1. The number of benzene rings is 2. The Labute approximate surface area is 189 Å². The highest BCUT2D eigenvalue weighted by molar-refractivity contribution is 6.39. The van der Waals surface area contributed by atoms with Gasteiger partial charge < -0.3 is 9.47 Å². The van der Waals surface area contributed by atoms with Crippen LogP contribution in [0, 0.1) is 10.1 Å². The minimum Gasteiger partial charge on any atom is -0.493 e. The zero-order chi connectivity index (χ0) is 24.1. The SMILES string of the molecule is C=CCc1cc(/C=C2\C(=O)NC(=O)N(c3ccc([N+](=O)[O-])cc3)C2=O)cc(OCC)c1OC. The molecular weight excluding hydrogens is 430 g/mol. The number of carbonyl (C=O) groups is 3. The van der Waals surface area contributed by atoms with Gasteiger partial charge in [0.15, 0.2) is 11.5 Å². The second kappa shape index (κ2) is 9.77. The number of imide groups is 2. The predicted molar refractivity (Wildman–Crippen MR) is 120 cm³/mol. The number of nitrogens with zero attached hydrogens (tertiary/aromatic N) is 2. The van der Waals surface area contributed by atoms with Crippen molar-refractivity contribution in [2.24, 2.45) is 0 Å². The maximum atomic E-state index is 13.1. The fourth-order valence-electron chi connectivity index (χ4n) is 3.35. The summed E-state index contributed by atoms with van der Waals surface area (Å²) in [6.45, 7) is 5.90. The van der Waals surface area contributed by atoms with E-state index < -0.39 is 22.8 Å². The number of amides is 4. The van der Waals surface area contributed by atoms with Crippen LogP contribution in [0.15, 0.2) is 54.6 Å². The van der Waals surface area contributed by atoms with Crippen molar-refractivity contribution in [1.82, 2.24) is 5.32 Å². The largest absolute Gasteiger partial charge is 0.493 e. The van der Waals surface area contributed by atoms with Crippen molar-refractivity contribution >= 4 is 35.3 Å². The van der Waals surface area contributed by atoms with Crippen molar-refractivity contribution in [3.8, 4) is 11.5 Å². The number of methoxy groups -OCH3 is 1. The first-order valence-electron chi connectivity index (χ1n) is 9.91. The molecule has 4 amide bonds. The Morgan fingerprint density at radius 3 is 2.45 bits per heavy atom. The molecule has 10 heteroatoms. The number of non-ortho nitro benzene ring substituents is 1. The summed E-state index contributed by atoms with van der Waals surface area (Å²) in [7, 11) is 1.51. The van der Waals surface area contributed by atoms with Gasteiger partial charge in [0.1, 0.15) is 5.57 Å². The minimum atomic E-state index is -0.951. The molecule has 1 N–H and O–H groups in total. The molecule has 1 saturated heterocycles. The minimum absolute atomic E-state index is 0.0820. The second-order valence-corrected chi connectivity index (χ2v) is 6.87. The molecule has 1 aliphatic rings. The summed E-state index contributed by atoms with van der Waals surface area (Å²) in [5, 5.41) is 13.0. The molecule has 1 fully saturated rings. The number of rotatable bonds is 8. The zero-order valence-corrected chi connectivity index (χ0v) is 18.0. The van der Waals surface area contributed by atoms with E-state index in [1.807, 2.05) is 6.92 Å². The van der Waals surface area contributed by atoms with Gasteiger partial charge in [0.25, 0.3) is 17.5 Å². The van der Waals surface area contributed by atoms with Gasteiger partial charge in [-0.3, -0.25) is 25.0 Å². The average molecular weight is 451 g/mol. The smallest absolute Gasteiger partial charge is 0.335 e. The molecule has 0 aromatic heterocycles. The molecule has 0 spiro atoms. The summed E-state index contributed by atoms with van der Waals surface area (Å²) in [6.07, 6.45) is 3.48. The van der Waals surface area contributed by atoms with Crippen LogP contribution in [0.1, 0.15) is 18.1 Å². The molecule has 0 aliphatic carbocycles. The van der Waals surface area contributed by atoms with Crippen LogP contribution in [0.3, 0.4) is 0 Å². The number of hydrogen-bond donors (Lipinski definition) is 1. The van der Waals surface area contributed by atoms with Gasteiger partial charge in [-0.2, -0.15) is 0 Å². The normalized spacial score (nSPS) is 14.8. The number of barbiturate groups is 1. The number of nitro groups is 1. The topological polar surface area (TPSA) is 128 Å². The van der Waals surface area contributed by atoms with E-state index in [1.165, 1.54) is 25.3 Å². The second-order valence-electron chi connectivity index (χ2n) is 6.87. The lowest BCUT2D eigenvalue weighted by Crippen LogP contribution is -2.54. The van der Waals surface area contributed by atoms with Crippen LogP contribution in [0.2, 0.25) is 0 Å². The van der Waals surface area contributed by atoms with E-state index in [4.69, 9.17) is 9.47 Å². The van der Waals surface area contributed by atoms with Gasteiger partial charge in [-0.25, -0.2) is 9.69 Å². The highest BCUT2D eigenvalue weighted by atomic mass is 16.6. The molecule has 2 aromatic rings. The van der Waals surface area contributed by atoms with Crippen molar-refractivity contribution in [3.05, 3.63) is 75.9 Å². The average Bonchev–Trinajstić information content (AvgIpc) is 2.77. The van der Waals surface area contributed by atoms with Crippen LogP contribution in [0.25, 0.3) is 6.08 Å². The lowest BCUT2D eigenvalue weighted by Gasteiger charge is -2.26. The van der Waals surface area contributed by atoms with Gasteiger partial charge in [-0.1, -0.05) is 6.08 Å². The lowest BCUT2D eigenvalue weighted by molar-refractivity contribution is -0.384. The molecule has 3 rings (SSSR count). The molecule has 10 nitrogen and oxygen atoms in total. The van der Waals surface area contributed by atoms with Crippen LogP contribution in [-0.2, 0) is 16.0 Å². The fourth-order valence-corrected chi connectivity index (χ4v) is 3.35. The van der Waals surface area contributed by atoms with Gasteiger partial charge in [0.2, 0.25) is 0 Å². The van der Waals surface area contributed by atoms with E-state index in [0.717, 1.165) is 22.6 Å². The third kappa shape index (κ3) is 4.74. The van der Waals surface area contributed by atoms with E-state index in [0.29, 0.717) is 30.1 Å². The van der Waals surface area contributed by atoms with Crippen LogP contribution >= 0.6 is 0 Å². The quantitative estimate of drug-likeness (QED) is 0.214. The van der Waals surface area contributed by atoms with E-state index in [9.17, 15) is 24.5 Å². The molecule has 0 unspecified atom stereocenters. The standard InChI is InChI=1S/C23H21N3O7/c1-4-6-15-11-14(13-19(33-5-2)20(15)32-3)12-18-21(27)24-23(29)25(22(18)28)16-7-9-17(10-8-16)26(30)31/h4,7-13H,1,5-6H2,2-3H3,(H,24,27,29)/b18-12+. The van der Waals surface area contributed by atoms with Crippen molar-refractivity contribution in [2.45, 2.75) is 13.3 Å². The summed E-state index contributed by atoms with van der Waals surface area (Å²) < 4.78 is 11.1. The van der Waals surface area contributed by atoms with E-state index >= 15 is 0 Å². The number of hydrogen-bond acceptors (Lipinski definition) is 7. The van der Waals surface area contributed by atoms with Crippen molar-refractivity contribution in [1.29, 1.82) is 0 Å². The highest BCUT2D eigenvalue weighted by Crippen LogP contribution is 2.34.